The molecule has 0 unspecified atom stereocenters. The van der Waals surface area contributed by atoms with Crippen LogP contribution in [0.1, 0.15) is 10.4 Å². The molecule has 26 heavy (non-hydrogen) atoms. The Morgan fingerprint density at radius 2 is 2.00 bits per heavy atom. The number of fused-ring (bicyclic) bond motifs is 1. The van der Waals surface area contributed by atoms with E-state index in [1.54, 1.807) is 17.5 Å². The van der Waals surface area contributed by atoms with Crippen LogP contribution in [0.3, 0.4) is 0 Å². The minimum Gasteiger partial charge on any atom is -0.454 e. The third kappa shape index (κ3) is 2.95. The first-order valence-corrected chi connectivity index (χ1v) is 8.40. The van der Waals surface area contributed by atoms with Gasteiger partial charge in [-0.2, -0.15) is 0 Å². The van der Waals surface area contributed by atoms with Crippen molar-refractivity contribution in [3.8, 4) is 22.8 Å². The number of benzene rings is 2. The fourth-order valence-electron chi connectivity index (χ4n) is 2.51. The number of nitro groups is 1. The lowest BCUT2D eigenvalue weighted by Crippen LogP contribution is -2.13. The van der Waals surface area contributed by atoms with E-state index in [0.29, 0.717) is 22.3 Å². The number of amides is 1. The molecule has 9 heteroatoms. The second kappa shape index (κ2) is 6.45. The quantitative estimate of drug-likeness (QED) is 0.555. The molecule has 1 N–H and O–H groups in total. The summed E-state index contributed by atoms with van der Waals surface area (Å²) in [7, 11) is 0. The van der Waals surface area contributed by atoms with Crippen LogP contribution in [0, 0.1) is 10.1 Å². The summed E-state index contributed by atoms with van der Waals surface area (Å²) in [4.78, 5) is 27.2. The number of hydrogen-bond donors (Lipinski definition) is 1. The van der Waals surface area contributed by atoms with Gasteiger partial charge in [-0.15, -0.1) is 11.3 Å². The summed E-state index contributed by atoms with van der Waals surface area (Å²) in [6.45, 7) is 0.188. The standard InChI is InChI=1S/C17H11N3O5S/c21-16(11-3-1-2-4-13(11)20(22)23)19-17-18-12(8-26-17)10-5-6-14-15(7-10)25-9-24-14/h1-8H,9H2,(H,18,19,21). The molecule has 0 bridgehead atoms. The Morgan fingerprint density at radius 1 is 1.19 bits per heavy atom. The van der Waals surface area contributed by atoms with Crippen molar-refractivity contribution in [3.05, 3.63) is 63.5 Å². The molecule has 0 aliphatic carbocycles. The topological polar surface area (TPSA) is 104 Å². The van der Waals surface area contributed by atoms with Crippen LogP contribution in [-0.4, -0.2) is 22.6 Å². The van der Waals surface area contributed by atoms with Crippen molar-refractivity contribution in [1.82, 2.24) is 4.98 Å². The van der Waals surface area contributed by atoms with E-state index in [4.69, 9.17) is 9.47 Å². The number of para-hydroxylation sites is 1. The first kappa shape index (κ1) is 16.0. The van der Waals surface area contributed by atoms with Crippen molar-refractivity contribution in [2.45, 2.75) is 0 Å². The number of rotatable bonds is 4. The van der Waals surface area contributed by atoms with E-state index in [2.05, 4.69) is 10.3 Å². The van der Waals surface area contributed by atoms with Gasteiger partial charge in [0, 0.05) is 17.0 Å². The van der Waals surface area contributed by atoms with Crippen LogP contribution in [0.4, 0.5) is 10.8 Å². The SMILES string of the molecule is O=C(Nc1nc(-c2ccc3c(c2)OCO3)cs1)c1ccccc1[N+](=O)[O-]. The predicted octanol–water partition coefficient (Wildman–Crippen LogP) is 3.70. The largest absolute Gasteiger partial charge is 0.454 e. The lowest BCUT2D eigenvalue weighted by atomic mass is 10.1. The Hall–Kier alpha value is -3.46. The molecule has 0 fully saturated rings. The van der Waals surface area contributed by atoms with Gasteiger partial charge in [0.05, 0.1) is 10.6 Å². The van der Waals surface area contributed by atoms with Crippen molar-refractivity contribution in [2.24, 2.45) is 0 Å². The summed E-state index contributed by atoms with van der Waals surface area (Å²) >= 11 is 1.23. The molecular formula is C17H11N3O5S. The van der Waals surface area contributed by atoms with Crippen molar-refractivity contribution < 1.29 is 19.2 Å². The molecule has 2 aromatic carbocycles. The van der Waals surface area contributed by atoms with E-state index in [1.165, 1.54) is 29.5 Å². The molecule has 1 aliphatic rings. The van der Waals surface area contributed by atoms with Gasteiger partial charge in [0.2, 0.25) is 6.79 Å². The molecule has 1 aliphatic heterocycles. The Balaban J connectivity index is 1.56. The molecule has 4 rings (SSSR count). The molecular weight excluding hydrogens is 358 g/mol. The fraction of sp³-hybridized carbons (Fsp3) is 0.0588. The normalized spacial score (nSPS) is 12.0. The second-order valence-corrected chi connectivity index (χ2v) is 6.19. The highest BCUT2D eigenvalue weighted by molar-refractivity contribution is 7.14. The van der Waals surface area contributed by atoms with E-state index < -0.39 is 10.8 Å². The van der Waals surface area contributed by atoms with E-state index in [1.807, 2.05) is 12.1 Å². The van der Waals surface area contributed by atoms with Gasteiger partial charge in [-0.3, -0.25) is 20.2 Å². The zero-order chi connectivity index (χ0) is 18.1. The van der Waals surface area contributed by atoms with Gasteiger partial charge in [-0.25, -0.2) is 4.98 Å². The molecule has 130 valence electrons. The van der Waals surface area contributed by atoms with E-state index in [-0.39, 0.29) is 18.0 Å². The number of ether oxygens (including phenoxy) is 2. The van der Waals surface area contributed by atoms with E-state index >= 15 is 0 Å². The fourth-order valence-corrected chi connectivity index (χ4v) is 3.22. The van der Waals surface area contributed by atoms with E-state index in [9.17, 15) is 14.9 Å². The monoisotopic (exact) mass is 369 g/mol. The van der Waals surface area contributed by atoms with Crippen molar-refractivity contribution in [2.75, 3.05) is 12.1 Å². The summed E-state index contributed by atoms with van der Waals surface area (Å²) < 4.78 is 10.6. The summed E-state index contributed by atoms with van der Waals surface area (Å²) in [5.74, 6) is 0.735. The van der Waals surface area contributed by atoms with Gasteiger partial charge in [-0.05, 0) is 24.3 Å². The molecule has 8 nitrogen and oxygen atoms in total. The highest BCUT2D eigenvalue weighted by Gasteiger charge is 2.20. The average molecular weight is 369 g/mol. The van der Waals surface area contributed by atoms with Crippen LogP contribution >= 0.6 is 11.3 Å². The Bertz CT molecular complexity index is 1020. The molecule has 0 saturated heterocycles. The van der Waals surface area contributed by atoms with Crippen LogP contribution in [0.2, 0.25) is 0 Å². The zero-order valence-corrected chi connectivity index (χ0v) is 14.0. The van der Waals surface area contributed by atoms with Crippen LogP contribution < -0.4 is 14.8 Å². The van der Waals surface area contributed by atoms with Gasteiger partial charge in [0.25, 0.3) is 11.6 Å². The molecule has 0 saturated carbocycles. The highest BCUT2D eigenvalue weighted by atomic mass is 32.1. The Kier molecular flexibility index (Phi) is 3.98. The first-order chi connectivity index (χ1) is 12.6. The van der Waals surface area contributed by atoms with Gasteiger partial charge >= 0.3 is 0 Å². The van der Waals surface area contributed by atoms with Crippen LogP contribution in [-0.2, 0) is 0 Å². The molecule has 1 amide bonds. The number of aromatic nitrogens is 1. The van der Waals surface area contributed by atoms with Crippen molar-refractivity contribution in [3.63, 3.8) is 0 Å². The maximum atomic E-state index is 12.4. The second-order valence-electron chi connectivity index (χ2n) is 5.33. The summed E-state index contributed by atoms with van der Waals surface area (Å²) in [6.07, 6.45) is 0. The van der Waals surface area contributed by atoms with Crippen molar-refractivity contribution in [1.29, 1.82) is 0 Å². The molecule has 1 aromatic heterocycles. The maximum absolute atomic E-state index is 12.4. The molecule has 0 spiro atoms. The average Bonchev–Trinajstić information content (AvgIpc) is 3.30. The Morgan fingerprint density at radius 3 is 2.85 bits per heavy atom. The molecule has 3 aromatic rings. The minimum atomic E-state index is -0.588. The number of thiazole rings is 1. The Labute approximate surface area is 151 Å². The maximum Gasteiger partial charge on any atom is 0.282 e. The number of anilines is 1. The number of carbonyl (C=O) groups is 1. The molecule has 0 atom stereocenters. The lowest BCUT2D eigenvalue weighted by Gasteiger charge is -2.03. The zero-order valence-electron chi connectivity index (χ0n) is 13.2. The van der Waals surface area contributed by atoms with Gasteiger partial charge in [0.15, 0.2) is 16.6 Å². The van der Waals surface area contributed by atoms with E-state index in [0.717, 1.165) is 5.56 Å². The summed E-state index contributed by atoms with van der Waals surface area (Å²) in [5.41, 5.74) is 1.21. The molecule has 2 heterocycles. The van der Waals surface area contributed by atoms with Crippen LogP contribution in [0.25, 0.3) is 11.3 Å². The highest BCUT2D eigenvalue weighted by Crippen LogP contribution is 2.36. The van der Waals surface area contributed by atoms with Crippen molar-refractivity contribution >= 4 is 28.1 Å². The first-order valence-electron chi connectivity index (χ1n) is 7.52. The van der Waals surface area contributed by atoms with Gasteiger partial charge < -0.3 is 9.47 Å². The number of nitrogens with one attached hydrogen (secondary N) is 1. The summed E-state index contributed by atoms with van der Waals surface area (Å²) in [5, 5.41) is 15.8. The molecule has 0 radical (unpaired) electrons. The number of nitrogens with zero attached hydrogens (tertiary/aromatic N) is 2. The van der Waals surface area contributed by atoms with Crippen LogP contribution in [0.5, 0.6) is 11.5 Å². The predicted molar refractivity (Wildman–Crippen MR) is 94.7 cm³/mol. The van der Waals surface area contributed by atoms with Crippen LogP contribution in [0.15, 0.2) is 47.8 Å². The lowest BCUT2D eigenvalue weighted by molar-refractivity contribution is -0.385. The van der Waals surface area contributed by atoms with Gasteiger partial charge in [0.1, 0.15) is 5.56 Å². The number of nitro benzene ring substituents is 1. The smallest absolute Gasteiger partial charge is 0.282 e. The number of hydrogen-bond acceptors (Lipinski definition) is 7. The summed E-state index contributed by atoms with van der Waals surface area (Å²) in [6, 6.07) is 11.2. The third-order valence-electron chi connectivity index (χ3n) is 3.74. The number of carbonyl (C=O) groups excluding carboxylic acids is 1. The minimum absolute atomic E-state index is 0.0164. The third-order valence-corrected chi connectivity index (χ3v) is 4.50. The van der Waals surface area contributed by atoms with Gasteiger partial charge in [-0.1, -0.05) is 12.1 Å².